The molecule has 3 rings (SSSR count). The standard InChI is InChI=1S/C28H38N4O4/c1-3-31-15-17-32(18-16-31)28(35)25(30-26(33)14-9-21(2)27(29)34)19-22-10-12-24(13-11-22)36-20-23-7-5-4-6-8-23/h4-8,10-13,21,25H,3,9,14-20H2,1-2H3,(H2,29,34)(H,30,33). The highest BCUT2D eigenvalue weighted by Gasteiger charge is 2.28. The zero-order valence-electron chi connectivity index (χ0n) is 21.3. The SMILES string of the molecule is CCN1CCN(C(=O)C(Cc2ccc(OCc3ccccc3)cc2)NC(=O)CCC(C)C(N)=O)CC1. The number of hydrogen-bond acceptors (Lipinski definition) is 5. The summed E-state index contributed by atoms with van der Waals surface area (Å²) in [6.45, 7) is 8.18. The Labute approximate surface area is 213 Å². The van der Waals surface area contributed by atoms with Gasteiger partial charge in [-0.25, -0.2) is 0 Å². The second-order valence-electron chi connectivity index (χ2n) is 9.34. The second-order valence-corrected chi connectivity index (χ2v) is 9.34. The van der Waals surface area contributed by atoms with E-state index in [2.05, 4.69) is 17.1 Å². The van der Waals surface area contributed by atoms with Crippen LogP contribution in [0.4, 0.5) is 0 Å². The number of rotatable bonds is 12. The van der Waals surface area contributed by atoms with Crippen molar-refractivity contribution < 1.29 is 19.1 Å². The van der Waals surface area contributed by atoms with Crippen LogP contribution in [-0.4, -0.2) is 66.3 Å². The van der Waals surface area contributed by atoms with Gasteiger partial charge in [0.2, 0.25) is 17.7 Å². The maximum Gasteiger partial charge on any atom is 0.245 e. The van der Waals surface area contributed by atoms with Gasteiger partial charge < -0.3 is 25.6 Å². The van der Waals surface area contributed by atoms with E-state index in [9.17, 15) is 14.4 Å². The molecule has 1 fully saturated rings. The Morgan fingerprint density at radius 3 is 2.25 bits per heavy atom. The molecule has 2 aromatic rings. The molecule has 0 saturated carbocycles. The van der Waals surface area contributed by atoms with Gasteiger partial charge in [-0.1, -0.05) is 56.3 Å². The predicted octanol–water partition coefficient (Wildman–Crippen LogP) is 2.36. The van der Waals surface area contributed by atoms with Crippen molar-refractivity contribution in [3.63, 3.8) is 0 Å². The molecule has 3 N–H and O–H groups in total. The number of nitrogens with one attached hydrogen (secondary N) is 1. The van der Waals surface area contributed by atoms with Crippen molar-refractivity contribution in [3.05, 3.63) is 65.7 Å². The van der Waals surface area contributed by atoms with Crippen molar-refractivity contribution in [1.82, 2.24) is 15.1 Å². The topological polar surface area (TPSA) is 105 Å². The van der Waals surface area contributed by atoms with Crippen molar-refractivity contribution in [2.24, 2.45) is 11.7 Å². The maximum atomic E-state index is 13.4. The van der Waals surface area contributed by atoms with E-state index in [1.165, 1.54) is 0 Å². The highest BCUT2D eigenvalue weighted by atomic mass is 16.5. The van der Waals surface area contributed by atoms with E-state index >= 15 is 0 Å². The van der Waals surface area contributed by atoms with Crippen molar-refractivity contribution in [2.75, 3.05) is 32.7 Å². The van der Waals surface area contributed by atoms with Crippen LogP contribution >= 0.6 is 0 Å². The van der Waals surface area contributed by atoms with Crippen LogP contribution in [0.25, 0.3) is 0 Å². The van der Waals surface area contributed by atoms with E-state index in [4.69, 9.17) is 10.5 Å². The summed E-state index contributed by atoms with van der Waals surface area (Å²) in [5.41, 5.74) is 7.33. The average Bonchev–Trinajstić information content (AvgIpc) is 2.91. The lowest BCUT2D eigenvalue weighted by Crippen LogP contribution is -2.55. The Morgan fingerprint density at radius 2 is 1.64 bits per heavy atom. The normalized spacial score (nSPS) is 15.7. The van der Waals surface area contributed by atoms with Gasteiger partial charge in [-0.2, -0.15) is 0 Å². The summed E-state index contributed by atoms with van der Waals surface area (Å²) in [4.78, 5) is 41.5. The summed E-state index contributed by atoms with van der Waals surface area (Å²) in [5.74, 6) is -0.414. The average molecular weight is 495 g/mol. The van der Waals surface area contributed by atoms with Crippen LogP contribution < -0.4 is 15.8 Å². The van der Waals surface area contributed by atoms with Gasteiger partial charge in [-0.15, -0.1) is 0 Å². The van der Waals surface area contributed by atoms with Crippen molar-refractivity contribution in [3.8, 4) is 5.75 Å². The van der Waals surface area contributed by atoms with Crippen LogP contribution in [0.2, 0.25) is 0 Å². The van der Waals surface area contributed by atoms with Crippen molar-refractivity contribution in [1.29, 1.82) is 0 Å². The molecule has 1 aliphatic rings. The first-order valence-electron chi connectivity index (χ1n) is 12.7. The number of nitrogens with zero attached hydrogens (tertiary/aromatic N) is 2. The Bertz CT molecular complexity index is 988. The largest absolute Gasteiger partial charge is 0.489 e. The minimum atomic E-state index is -0.675. The van der Waals surface area contributed by atoms with E-state index in [0.717, 1.165) is 36.5 Å². The molecule has 0 aromatic heterocycles. The molecular weight excluding hydrogens is 456 g/mol. The molecule has 2 atom stereocenters. The first-order chi connectivity index (χ1) is 17.4. The molecule has 2 unspecified atom stereocenters. The molecule has 0 radical (unpaired) electrons. The minimum absolute atomic E-state index is 0.0774. The third kappa shape index (κ3) is 8.37. The number of hydrogen-bond donors (Lipinski definition) is 2. The summed E-state index contributed by atoms with van der Waals surface area (Å²) < 4.78 is 5.87. The Kier molecular flexibility index (Phi) is 10.3. The quantitative estimate of drug-likeness (QED) is 0.471. The van der Waals surface area contributed by atoms with Crippen molar-refractivity contribution >= 4 is 17.7 Å². The summed E-state index contributed by atoms with van der Waals surface area (Å²) in [6.07, 6.45) is 0.872. The molecule has 0 spiro atoms. The van der Waals surface area contributed by atoms with Gasteiger partial charge in [-0.3, -0.25) is 14.4 Å². The van der Waals surface area contributed by atoms with E-state index < -0.39 is 17.9 Å². The highest BCUT2D eigenvalue weighted by molar-refractivity contribution is 5.88. The predicted molar refractivity (Wildman–Crippen MR) is 139 cm³/mol. The van der Waals surface area contributed by atoms with Gasteiger partial charge in [-0.05, 0) is 36.2 Å². The third-order valence-corrected chi connectivity index (χ3v) is 6.67. The molecule has 0 aliphatic carbocycles. The second kappa shape index (κ2) is 13.6. The molecule has 3 amide bonds. The van der Waals surface area contributed by atoms with Crippen LogP contribution in [0, 0.1) is 5.92 Å². The molecule has 1 aliphatic heterocycles. The summed E-state index contributed by atoms with van der Waals surface area (Å²) >= 11 is 0. The van der Waals surface area contributed by atoms with E-state index in [1.807, 2.05) is 59.5 Å². The minimum Gasteiger partial charge on any atom is -0.489 e. The maximum absolute atomic E-state index is 13.4. The number of benzene rings is 2. The lowest BCUT2D eigenvalue weighted by atomic mass is 10.0. The zero-order chi connectivity index (χ0) is 25.9. The van der Waals surface area contributed by atoms with Crippen LogP contribution in [0.3, 0.4) is 0 Å². The lowest BCUT2D eigenvalue weighted by Gasteiger charge is -2.36. The number of likely N-dealkylation sites (N-methyl/N-ethyl adjacent to an activating group) is 1. The first-order valence-corrected chi connectivity index (χ1v) is 12.7. The first kappa shape index (κ1) is 27.2. The fourth-order valence-corrected chi connectivity index (χ4v) is 4.16. The monoisotopic (exact) mass is 494 g/mol. The summed E-state index contributed by atoms with van der Waals surface area (Å²) in [5, 5.41) is 2.92. The molecule has 1 heterocycles. The Morgan fingerprint density at radius 1 is 0.972 bits per heavy atom. The van der Waals surface area contributed by atoms with E-state index in [-0.39, 0.29) is 18.2 Å². The molecule has 0 bridgehead atoms. The molecular formula is C28H38N4O4. The number of nitrogens with two attached hydrogens (primary N) is 1. The van der Waals surface area contributed by atoms with Crippen LogP contribution in [0.15, 0.2) is 54.6 Å². The lowest BCUT2D eigenvalue weighted by molar-refractivity contribution is -0.138. The molecule has 2 aromatic carbocycles. The Hall–Kier alpha value is -3.39. The van der Waals surface area contributed by atoms with Gasteiger partial charge in [0.05, 0.1) is 0 Å². The van der Waals surface area contributed by atoms with E-state index in [0.29, 0.717) is 32.5 Å². The summed E-state index contributed by atoms with van der Waals surface area (Å²) in [7, 11) is 0. The molecule has 8 heteroatoms. The highest BCUT2D eigenvalue weighted by Crippen LogP contribution is 2.17. The van der Waals surface area contributed by atoms with E-state index in [1.54, 1.807) is 6.92 Å². The third-order valence-electron chi connectivity index (χ3n) is 6.67. The zero-order valence-corrected chi connectivity index (χ0v) is 21.3. The number of piperazine rings is 1. The van der Waals surface area contributed by atoms with Gasteiger partial charge in [0.25, 0.3) is 0 Å². The number of carbonyl (C=O) groups is 3. The van der Waals surface area contributed by atoms with Gasteiger partial charge in [0, 0.05) is 44.9 Å². The number of carbonyl (C=O) groups excluding carboxylic acids is 3. The van der Waals surface area contributed by atoms with Gasteiger partial charge >= 0.3 is 0 Å². The molecule has 194 valence electrons. The van der Waals surface area contributed by atoms with Crippen LogP contribution in [0.5, 0.6) is 5.75 Å². The summed E-state index contributed by atoms with van der Waals surface area (Å²) in [6, 6.07) is 16.9. The molecule has 36 heavy (non-hydrogen) atoms. The number of primary amides is 1. The fourth-order valence-electron chi connectivity index (χ4n) is 4.16. The van der Waals surface area contributed by atoms with Crippen molar-refractivity contribution in [2.45, 2.75) is 45.8 Å². The van der Waals surface area contributed by atoms with Crippen LogP contribution in [0.1, 0.15) is 37.8 Å². The number of ether oxygens (including phenoxy) is 1. The smallest absolute Gasteiger partial charge is 0.245 e. The van der Waals surface area contributed by atoms with Crippen LogP contribution in [-0.2, 0) is 27.4 Å². The fraction of sp³-hybridized carbons (Fsp3) is 0.464. The Balaban J connectivity index is 1.63. The van der Waals surface area contributed by atoms with Gasteiger partial charge in [0.15, 0.2) is 0 Å². The molecule has 8 nitrogen and oxygen atoms in total. The number of amides is 3. The van der Waals surface area contributed by atoms with Gasteiger partial charge in [0.1, 0.15) is 18.4 Å². The molecule has 1 saturated heterocycles.